The Morgan fingerprint density at radius 2 is 1.84 bits per heavy atom. The Balaban J connectivity index is 0.000000717. The van der Waals surface area contributed by atoms with Crippen LogP contribution in [0.2, 0.25) is 5.02 Å². The number of allylic oxidation sites excluding steroid dienone is 1. The second-order valence-corrected chi connectivity index (χ2v) is 8.45. The van der Waals surface area contributed by atoms with Crippen LogP contribution in [-0.2, 0) is 6.05 Å². The van der Waals surface area contributed by atoms with Crippen molar-refractivity contribution < 1.29 is 26.3 Å². The van der Waals surface area contributed by atoms with Gasteiger partial charge in [-0.3, -0.25) is 4.99 Å². The second-order valence-electron chi connectivity index (χ2n) is 8.04. The minimum Gasteiger partial charge on any atom is -0.354 e. The summed E-state index contributed by atoms with van der Waals surface area (Å²) in [6.45, 7) is 10.2. The summed E-state index contributed by atoms with van der Waals surface area (Å²) in [6, 6.07) is 2.08. The van der Waals surface area contributed by atoms with Crippen molar-refractivity contribution in [1.82, 2.24) is 15.8 Å². The second kappa shape index (κ2) is 11.9. The Morgan fingerprint density at radius 3 is 2.32 bits per heavy atom. The van der Waals surface area contributed by atoms with Gasteiger partial charge in [0.15, 0.2) is 0 Å². The van der Waals surface area contributed by atoms with Gasteiger partial charge in [-0.2, -0.15) is 22.0 Å². The van der Waals surface area contributed by atoms with Crippen molar-refractivity contribution in [2.75, 3.05) is 14.1 Å². The molecule has 11 heteroatoms. The molecule has 0 aliphatic carbocycles. The maximum atomic E-state index is 14.9. The van der Waals surface area contributed by atoms with Crippen molar-refractivity contribution in [3.8, 4) is 0 Å². The highest BCUT2D eigenvalue weighted by Crippen LogP contribution is 2.47. The summed E-state index contributed by atoms with van der Waals surface area (Å²) in [5, 5.41) is 3.31. The molecule has 1 unspecified atom stereocenters. The first-order valence-electron chi connectivity index (χ1n) is 10.9. The fraction of sp³-hybridized carbons (Fsp3) is 0.269. The number of hydrogen-bond acceptors (Lipinski definition) is 3. The number of benzene rings is 2. The van der Waals surface area contributed by atoms with Crippen molar-refractivity contribution in [3.05, 3.63) is 94.2 Å². The number of hydrogen-bond donors (Lipinski definition) is 2. The lowest BCUT2D eigenvalue weighted by Gasteiger charge is -2.25. The highest BCUT2D eigenvalue weighted by atomic mass is 35.5. The smallest absolute Gasteiger partial charge is 0.354 e. The van der Waals surface area contributed by atoms with E-state index in [-0.39, 0.29) is 21.8 Å². The quantitative estimate of drug-likeness (QED) is 0.172. The van der Waals surface area contributed by atoms with E-state index in [4.69, 9.17) is 11.6 Å². The number of hydrazine groups is 1. The average molecular weight is 545 g/mol. The van der Waals surface area contributed by atoms with E-state index in [1.54, 1.807) is 33.4 Å². The minimum atomic E-state index is -4.82. The van der Waals surface area contributed by atoms with E-state index in [9.17, 15) is 26.3 Å². The van der Waals surface area contributed by atoms with Crippen LogP contribution in [0.25, 0.3) is 11.5 Å². The fourth-order valence-corrected chi connectivity index (χ4v) is 3.93. The Bertz CT molecular complexity index is 1200. The van der Waals surface area contributed by atoms with Crippen LogP contribution < -0.4 is 10.7 Å². The lowest BCUT2D eigenvalue weighted by Crippen LogP contribution is -2.40. The summed E-state index contributed by atoms with van der Waals surface area (Å²) in [6.07, 6.45) is -1.32. The zero-order chi connectivity index (χ0) is 28.1. The van der Waals surface area contributed by atoms with Crippen LogP contribution in [0.5, 0.6) is 0 Å². The Kier molecular flexibility index (Phi) is 9.62. The predicted molar refractivity (Wildman–Crippen MR) is 137 cm³/mol. The van der Waals surface area contributed by atoms with E-state index in [1.807, 2.05) is 0 Å². The molecule has 1 aliphatic heterocycles. The number of fused-ring (bicyclic) bond motifs is 1. The van der Waals surface area contributed by atoms with Crippen molar-refractivity contribution >= 4 is 29.5 Å². The summed E-state index contributed by atoms with van der Waals surface area (Å²) in [7, 11) is 2.96. The molecule has 0 aromatic heterocycles. The van der Waals surface area contributed by atoms with Crippen LogP contribution in [0.3, 0.4) is 0 Å². The number of alkyl halides is 5. The van der Waals surface area contributed by atoms with E-state index < -0.39 is 35.1 Å². The molecule has 1 atom stereocenters. The largest absolute Gasteiger partial charge is 0.399 e. The summed E-state index contributed by atoms with van der Waals surface area (Å²) in [5.41, 5.74) is 2.30. The molecule has 0 saturated heterocycles. The molecular weight excluding hydrogens is 518 g/mol. The highest BCUT2D eigenvalue weighted by molar-refractivity contribution is 6.31. The van der Waals surface area contributed by atoms with Gasteiger partial charge in [-0.15, -0.1) is 0 Å². The van der Waals surface area contributed by atoms with E-state index in [2.05, 4.69) is 28.9 Å². The van der Waals surface area contributed by atoms with Gasteiger partial charge < -0.3 is 5.32 Å². The van der Waals surface area contributed by atoms with Gasteiger partial charge in [0.2, 0.25) is 0 Å². The van der Waals surface area contributed by atoms with Gasteiger partial charge in [0, 0.05) is 30.2 Å². The number of halogens is 7. The van der Waals surface area contributed by atoms with Crippen LogP contribution in [0, 0.1) is 13.8 Å². The molecule has 0 radical (unpaired) electrons. The van der Waals surface area contributed by atoms with Gasteiger partial charge in [0.1, 0.15) is 11.7 Å². The lowest BCUT2D eigenvalue weighted by atomic mass is 9.93. The molecule has 0 saturated carbocycles. The van der Waals surface area contributed by atoms with Gasteiger partial charge >= 0.3 is 12.2 Å². The van der Waals surface area contributed by atoms with Gasteiger partial charge in [-0.1, -0.05) is 43.0 Å². The van der Waals surface area contributed by atoms with Gasteiger partial charge in [0.05, 0.1) is 17.6 Å². The monoisotopic (exact) mass is 544 g/mol. The van der Waals surface area contributed by atoms with Crippen LogP contribution in [0.1, 0.15) is 39.3 Å². The lowest BCUT2D eigenvalue weighted by molar-refractivity contribution is -0.139. The van der Waals surface area contributed by atoms with Crippen LogP contribution >= 0.6 is 11.6 Å². The molecule has 200 valence electrons. The Morgan fingerprint density at radius 1 is 1.19 bits per heavy atom. The summed E-state index contributed by atoms with van der Waals surface area (Å²) in [4.78, 5) is 3.62. The molecule has 2 N–H and O–H groups in total. The number of nitrogens with one attached hydrogen (secondary N) is 2. The van der Waals surface area contributed by atoms with E-state index >= 15 is 0 Å². The molecule has 1 aliphatic rings. The molecule has 2 aromatic rings. The number of rotatable bonds is 6. The zero-order valence-electron chi connectivity index (χ0n) is 20.7. The Labute approximate surface area is 217 Å². The predicted octanol–water partition coefficient (Wildman–Crippen LogP) is 7.46. The van der Waals surface area contributed by atoms with E-state index in [1.165, 1.54) is 19.2 Å². The Hall–Kier alpha value is -3.24. The number of aryl methyl sites for hydroxylation is 1. The highest BCUT2D eigenvalue weighted by Gasteiger charge is 2.48. The van der Waals surface area contributed by atoms with Crippen LogP contribution in [-0.4, -0.2) is 31.6 Å². The third-order valence-corrected chi connectivity index (χ3v) is 6.07. The third-order valence-electron chi connectivity index (χ3n) is 5.68. The third kappa shape index (κ3) is 6.56. The maximum absolute atomic E-state index is 14.9. The van der Waals surface area contributed by atoms with Gasteiger partial charge in [-0.25, -0.2) is 14.8 Å². The van der Waals surface area contributed by atoms with E-state index in [0.717, 1.165) is 18.2 Å². The molecule has 0 spiro atoms. The normalized spacial score (nSPS) is 15.8. The molecule has 3 rings (SSSR count). The summed E-state index contributed by atoms with van der Waals surface area (Å²) >= 11 is 6.02. The SMILES string of the molecule is C=C1c2ccc(/C(F)=C/C(c3cc(C)c(C)c(Cl)c3)C(F)(F)F)cc2C(F)(F)N1NC.C=CNC=NC. The molecule has 0 bridgehead atoms. The maximum Gasteiger partial charge on any atom is 0.399 e. The van der Waals surface area contributed by atoms with Crippen LogP contribution in [0.4, 0.5) is 26.3 Å². The molecule has 1 heterocycles. The number of nitrogens with zero attached hydrogens (tertiary/aromatic N) is 2. The number of aliphatic imine (C=N–C) groups is 1. The summed E-state index contributed by atoms with van der Waals surface area (Å²) < 4.78 is 85.3. The van der Waals surface area contributed by atoms with Crippen molar-refractivity contribution in [2.45, 2.75) is 32.0 Å². The zero-order valence-corrected chi connectivity index (χ0v) is 21.4. The van der Waals surface area contributed by atoms with Crippen LogP contribution in [0.15, 0.2) is 60.8 Å². The topological polar surface area (TPSA) is 39.7 Å². The van der Waals surface area contributed by atoms with Gasteiger partial charge in [0.25, 0.3) is 0 Å². The first kappa shape index (κ1) is 30.0. The average Bonchev–Trinajstić information content (AvgIpc) is 3.02. The molecule has 4 nitrogen and oxygen atoms in total. The molecule has 0 amide bonds. The van der Waals surface area contributed by atoms with Crippen molar-refractivity contribution in [3.63, 3.8) is 0 Å². The van der Waals surface area contributed by atoms with Crippen molar-refractivity contribution in [2.24, 2.45) is 4.99 Å². The molecule has 0 fully saturated rings. The molecular formula is C26H27ClF6N4. The first-order valence-corrected chi connectivity index (χ1v) is 11.3. The minimum absolute atomic E-state index is 0.0311. The molecule has 2 aromatic carbocycles. The summed E-state index contributed by atoms with van der Waals surface area (Å²) in [5.74, 6) is -3.58. The first-order chi connectivity index (χ1) is 17.2. The standard InChI is InChI=1S/C22H19ClF6N2.C4H8N2/c1-11-7-15(9-19(23)12(11)2)17(21(25,26)27)10-20(24)14-5-6-16-13(3)31(30-4)22(28,29)18(16)8-14;1-3-6-4-5-2/h5-10,17,30H,3H2,1-2,4H3;3-4H,1H2,2H3,(H,5,6)/b20-10-;. The van der Waals surface area contributed by atoms with Gasteiger partial charge in [-0.05, 0) is 54.9 Å². The van der Waals surface area contributed by atoms with E-state index in [0.29, 0.717) is 22.2 Å². The van der Waals surface area contributed by atoms with Crippen molar-refractivity contribution in [1.29, 1.82) is 0 Å². The fourth-order valence-electron chi connectivity index (χ4n) is 3.65. The molecule has 37 heavy (non-hydrogen) atoms.